The van der Waals surface area contributed by atoms with Gasteiger partial charge in [0.2, 0.25) is 0 Å². The van der Waals surface area contributed by atoms with E-state index < -0.39 is 23.7 Å². The van der Waals surface area contributed by atoms with Crippen LogP contribution in [-0.2, 0) is 14.3 Å². The minimum absolute atomic E-state index is 0.0477. The fraction of sp³-hybridized carbons (Fsp3) is 0.0769. The van der Waals surface area contributed by atoms with Crippen LogP contribution in [0.1, 0.15) is 27.6 Å². The average molecular weight is 490 g/mol. The number of carbonyl (C=O) groups excluding carboxylic acids is 4. The smallest absolute Gasteiger partial charge is 0.338 e. The molecule has 35 heavy (non-hydrogen) atoms. The lowest BCUT2D eigenvalue weighted by molar-refractivity contribution is -0.120. The Bertz CT molecular complexity index is 1340. The summed E-state index contributed by atoms with van der Waals surface area (Å²) >= 11 is 6.15. The van der Waals surface area contributed by atoms with Crippen molar-refractivity contribution in [2.75, 3.05) is 22.1 Å². The van der Waals surface area contributed by atoms with E-state index in [4.69, 9.17) is 16.3 Å². The minimum atomic E-state index is -0.619. The number of halogens is 1. The van der Waals surface area contributed by atoms with Gasteiger partial charge >= 0.3 is 5.97 Å². The number of imide groups is 1. The maximum absolute atomic E-state index is 12.8. The summed E-state index contributed by atoms with van der Waals surface area (Å²) in [5, 5.41) is 5.38. The zero-order valence-corrected chi connectivity index (χ0v) is 19.3. The van der Waals surface area contributed by atoms with E-state index in [0.717, 1.165) is 4.90 Å². The Hall–Kier alpha value is -4.43. The van der Waals surface area contributed by atoms with Crippen LogP contribution >= 0.6 is 11.6 Å². The number of nitrogens with zero attached hydrogens (tertiary/aromatic N) is 1. The Morgan fingerprint density at radius 2 is 1.57 bits per heavy atom. The number of carbonyl (C=O) groups is 4. The minimum Gasteiger partial charge on any atom is -0.462 e. The molecule has 0 aliphatic carbocycles. The predicted octanol–water partition coefficient (Wildman–Crippen LogP) is 4.55. The summed E-state index contributed by atoms with van der Waals surface area (Å²) in [5.41, 5.74) is 1.95. The Labute approximate surface area is 206 Å². The summed E-state index contributed by atoms with van der Waals surface area (Å²) in [5.74, 6) is -2.06. The highest BCUT2D eigenvalue weighted by Crippen LogP contribution is 2.30. The summed E-state index contributed by atoms with van der Waals surface area (Å²) in [6, 6.07) is 21.2. The SMILES string of the molecule is CCOC(=O)c1cccc(NC(=O)c2ccc(NC3=C(Cl)C(=O)N(c4ccccc4)C3=O)cc2)c1. The van der Waals surface area contributed by atoms with Gasteiger partial charge < -0.3 is 15.4 Å². The van der Waals surface area contributed by atoms with Crippen molar-refractivity contribution in [1.82, 2.24) is 0 Å². The number of nitrogens with one attached hydrogen (secondary N) is 2. The number of ether oxygens (including phenoxy) is 1. The van der Waals surface area contributed by atoms with E-state index >= 15 is 0 Å². The summed E-state index contributed by atoms with van der Waals surface area (Å²) in [7, 11) is 0. The molecule has 1 heterocycles. The maximum Gasteiger partial charge on any atom is 0.338 e. The van der Waals surface area contributed by atoms with Crippen LogP contribution in [0.5, 0.6) is 0 Å². The quantitative estimate of drug-likeness (QED) is 0.372. The molecule has 0 saturated heterocycles. The van der Waals surface area contributed by atoms with Crippen molar-refractivity contribution in [2.45, 2.75) is 6.92 Å². The van der Waals surface area contributed by atoms with Crippen molar-refractivity contribution in [1.29, 1.82) is 0 Å². The van der Waals surface area contributed by atoms with Gasteiger partial charge in [-0.3, -0.25) is 14.4 Å². The molecule has 3 aromatic carbocycles. The molecule has 0 atom stereocenters. The lowest BCUT2D eigenvalue weighted by Crippen LogP contribution is -2.32. The third-order valence-corrected chi connectivity index (χ3v) is 5.44. The molecule has 0 radical (unpaired) electrons. The molecule has 4 rings (SSSR count). The number of rotatable bonds is 7. The molecule has 9 heteroatoms. The van der Waals surface area contributed by atoms with Crippen molar-refractivity contribution in [3.05, 3.63) is 101 Å². The van der Waals surface area contributed by atoms with E-state index in [9.17, 15) is 19.2 Å². The van der Waals surface area contributed by atoms with Gasteiger partial charge in [0.25, 0.3) is 17.7 Å². The predicted molar refractivity (Wildman–Crippen MR) is 132 cm³/mol. The maximum atomic E-state index is 12.8. The molecule has 3 aromatic rings. The van der Waals surface area contributed by atoms with Crippen molar-refractivity contribution in [3.8, 4) is 0 Å². The lowest BCUT2D eigenvalue weighted by Gasteiger charge is -2.15. The normalized spacial score (nSPS) is 13.1. The number of hydrogen-bond acceptors (Lipinski definition) is 6. The molecule has 1 aliphatic heterocycles. The van der Waals surface area contributed by atoms with Crippen LogP contribution in [0.3, 0.4) is 0 Å². The van der Waals surface area contributed by atoms with Gasteiger partial charge in [-0.05, 0) is 61.5 Å². The molecule has 2 N–H and O–H groups in total. The molecule has 0 bridgehead atoms. The first-order valence-corrected chi connectivity index (χ1v) is 11.1. The van der Waals surface area contributed by atoms with Gasteiger partial charge in [0, 0.05) is 16.9 Å². The number of para-hydroxylation sites is 1. The van der Waals surface area contributed by atoms with Crippen LogP contribution in [0, 0.1) is 0 Å². The Kier molecular flexibility index (Phi) is 6.93. The third kappa shape index (κ3) is 5.07. The van der Waals surface area contributed by atoms with Gasteiger partial charge in [-0.1, -0.05) is 35.9 Å². The fourth-order valence-corrected chi connectivity index (χ4v) is 3.63. The first kappa shape index (κ1) is 23.7. The van der Waals surface area contributed by atoms with E-state index in [1.165, 1.54) is 6.07 Å². The van der Waals surface area contributed by atoms with Crippen molar-refractivity contribution in [3.63, 3.8) is 0 Å². The molecule has 176 valence electrons. The molecule has 0 unspecified atom stereocenters. The standard InChI is InChI=1S/C26H20ClN3O5/c1-2-35-26(34)17-7-6-8-19(15-17)29-23(31)16-11-13-18(14-12-16)28-22-21(27)24(32)30(25(22)33)20-9-4-3-5-10-20/h3-15,28H,2H2,1H3,(H,29,31). The van der Waals surface area contributed by atoms with E-state index in [1.807, 2.05) is 0 Å². The zero-order chi connectivity index (χ0) is 24.9. The van der Waals surface area contributed by atoms with Crippen molar-refractivity contribution < 1.29 is 23.9 Å². The molecule has 0 spiro atoms. The van der Waals surface area contributed by atoms with E-state index in [1.54, 1.807) is 79.7 Å². The van der Waals surface area contributed by atoms with Crippen LogP contribution in [0.15, 0.2) is 89.6 Å². The summed E-state index contributed by atoms with van der Waals surface area (Å²) in [6.45, 7) is 1.97. The topological polar surface area (TPSA) is 105 Å². The average Bonchev–Trinajstić information content (AvgIpc) is 3.08. The number of esters is 1. The first-order valence-electron chi connectivity index (χ1n) is 10.7. The highest BCUT2D eigenvalue weighted by molar-refractivity contribution is 6.53. The summed E-state index contributed by atoms with van der Waals surface area (Å²) in [6.07, 6.45) is 0. The van der Waals surface area contributed by atoms with E-state index in [-0.39, 0.29) is 17.3 Å². The van der Waals surface area contributed by atoms with Crippen LogP contribution in [0.4, 0.5) is 17.1 Å². The van der Waals surface area contributed by atoms with Gasteiger partial charge in [0.15, 0.2) is 0 Å². The van der Waals surface area contributed by atoms with Gasteiger partial charge in [-0.15, -0.1) is 0 Å². The first-order chi connectivity index (χ1) is 16.9. The Balaban J connectivity index is 1.44. The fourth-order valence-electron chi connectivity index (χ4n) is 3.41. The van der Waals surface area contributed by atoms with Crippen molar-refractivity contribution >= 4 is 52.4 Å². The number of anilines is 3. The molecule has 0 fully saturated rings. The van der Waals surface area contributed by atoms with Gasteiger partial charge in [0.05, 0.1) is 17.9 Å². The highest BCUT2D eigenvalue weighted by atomic mass is 35.5. The van der Waals surface area contributed by atoms with Gasteiger partial charge in [0.1, 0.15) is 10.7 Å². The zero-order valence-electron chi connectivity index (χ0n) is 18.6. The highest BCUT2D eigenvalue weighted by Gasteiger charge is 2.38. The third-order valence-electron chi connectivity index (χ3n) is 5.09. The van der Waals surface area contributed by atoms with Crippen LogP contribution in [0.25, 0.3) is 0 Å². The monoisotopic (exact) mass is 489 g/mol. The Morgan fingerprint density at radius 3 is 2.26 bits per heavy atom. The summed E-state index contributed by atoms with van der Waals surface area (Å²) < 4.78 is 4.97. The second-order valence-electron chi connectivity index (χ2n) is 7.43. The Morgan fingerprint density at radius 1 is 0.857 bits per heavy atom. The number of hydrogen-bond donors (Lipinski definition) is 2. The lowest BCUT2D eigenvalue weighted by atomic mass is 10.1. The number of amides is 3. The van der Waals surface area contributed by atoms with Crippen LogP contribution in [0.2, 0.25) is 0 Å². The van der Waals surface area contributed by atoms with Crippen molar-refractivity contribution in [2.24, 2.45) is 0 Å². The molecule has 1 aliphatic rings. The molecule has 8 nitrogen and oxygen atoms in total. The van der Waals surface area contributed by atoms with Crippen LogP contribution < -0.4 is 15.5 Å². The largest absolute Gasteiger partial charge is 0.462 e. The molecule has 3 amide bonds. The number of benzene rings is 3. The molecular formula is C26H20ClN3O5. The van der Waals surface area contributed by atoms with Crippen LogP contribution in [-0.4, -0.2) is 30.3 Å². The molecule has 0 aromatic heterocycles. The molecule has 0 saturated carbocycles. The molecular weight excluding hydrogens is 470 g/mol. The summed E-state index contributed by atoms with van der Waals surface area (Å²) in [4.78, 5) is 50.9. The second kappa shape index (κ2) is 10.2. The second-order valence-corrected chi connectivity index (χ2v) is 7.81. The van der Waals surface area contributed by atoms with Gasteiger partial charge in [-0.2, -0.15) is 0 Å². The van der Waals surface area contributed by atoms with Gasteiger partial charge in [-0.25, -0.2) is 9.69 Å². The van der Waals surface area contributed by atoms with E-state index in [0.29, 0.717) is 28.2 Å². The van der Waals surface area contributed by atoms with E-state index in [2.05, 4.69) is 10.6 Å².